The summed E-state index contributed by atoms with van der Waals surface area (Å²) in [4.78, 5) is 14.1. The molecule has 0 spiro atoms. The quantitative estimate of drug-likeness (QED) is 0.619. The summed E-state index contributed by atoms with van der Waals surface area (Å²) in [6.07, 6.45) is -2.29. The van der Waals surface area contributed by atoms with Crippen LogP contribution >= 0.6 is 0 Å². The topological polar surface area (TPSA) is 99.5 Å². The molecule has 0 saturated carbocycles. The molecule has 0 bridgehead atoms. The van der Waals surface area contributed by atoms with E-state index in [0.29, 0.717) is 31.9 Å². The molecule has 1 saturated heterocycles. The van der Waals surface area contributed by atoms with Gasteiger partial charge in [0.15, 0.2) is 0 Å². The zero-order chi connectivity index (χ0) is 16.3. The van der Waals surface area contributed by atoms with E-state index >= 15 is 0 Å². The van der Waals surface area contributed by atoms with Gasteiger partial charge >= 0.3 is 0 Å². The lowest BCUT2D eigenvalue weighted by Gasteiger charge is -2.35. The van der Waals surface area contributed by atoms with Gasteiger partial charge in [-0.25, -0.2) is 0 Å². The molecule has 1 aliphatic heterocycles. The fourth-order valence-electron chi connectivity index (χ4n) is 2.61. The zero-order valence-corrected chi connectivity index (χ0v) is 13.0. The number of aliphatic hydroxyl groups excluding tert-OH is 3. The largest absolute Gasteiger partial charge is 0.390 e. The molecular formula is C15H25NO6. The van der Waals surface area contributed by atoms with Crippen molar-refractivity contribution in [1.29, 1.82) is 0 Å². The first-order valence-electron chi connectivity index (χ1n) is 7.66. The fourth-order valence-corrected chi connectivity index (χ4v) is 2.61. The summed E-state index contributed by atoms with van der Waals surface area (Å²) < 4.78 is 11.1. The van der Waals surface area contributed by atoms with Crippen LogP contribution in [0.15, 0.2) is 11.6 Å². The number of ether oxygens (including phenoxy) is 2. The highest BCUT2D eigenvalue weighted by atomic mass is 16.5. The Bertz CT molecular complexity index is 424. The van der Waals surface area contributed by atoms with Crippen molar-refractivity contribution >= 4 is 5.91 Å². The Hall–Kier alpha value is -0.990. The maximum absolute atomic E-state index is 12.5. The molecule has 2 aliphatic rings. The van der Waals surface area contributed by atoms with Gasteiger partial charge in [-0.3, -0.25) is 4.79 Å². The number of aliphatic hydroxyl groups is 3. The van der Waals surface area contributed by atoms with Crippen LogP contribution in [0.5, 0.6) is 0 Å². The Balaban J connectivity index is 1.95. The Morgan fingerprint density at radius 1 is 1.45 bits per heavy atom. The molecule has 0 radical (unpaired) electrons. The van der Waals surface area contributed by atoms with E-state index in [4.69, 9.17) is 9.47 Å². The van der Waals surface area contributed by atoms with Gasteiger partial charge in [-0.15, -0.1) is 0 Å². The maximum atomic E-state index is 12.5. The van der Waals surface area contributed by atoms with E-state index in [2.05, 4.69) is 0 Å². The molecule has 0 aromatic rings. The molecule has 4 atom stereocenters. The molecular weight excluding hydrogens is 290 g/mol. The Morgan fingerprint density at radius 3 is 2.82 bits per heavy atom. The lowest BCUT2D eigenvalue weighted by Crippen LogP contribution is -2.49. The molecule has 0 aromatic carbocycles. The summed E-state index contributed by atoms with van der Waals surface area (Å²) in [7, 11) is 0. The molecule has 3 N–H and O–H groups in total. The first-order valence-corrected chi connectivity index (χ1v) is 7.66. The molecule has 1 heterocycles. The number of carbonyl (C=O) groups is 1. The number of carbonyl (C=O) groups excluding carboxylic acids is 1. The Labute approximate surface area is 130 Å². The second kappa shape index (κ2) is 7.52. The van der Waals surface area contributed by atoms with Crippen molar-refractivity contribution in [1.82, 2.24) is 4.90 Å². The first-order chi connectivity index (χ1) is 10.4. The van der Waals surface area contributed by atoms with Gasteiger partial charge in [-0.05, 0) is 19.9 Å². The van der Waals surface area contributed by atoms with Crippen molar-refractivity contribution in [3.8, 4) is 0 Å². The third-order valence-corrected chi connectivity index (χ3v) is 3.86. The van der Waals surface area contributed by atoms with Crippen LogP contribution in [0.1, 0.15) is 20.3 Å². The molecule has 126 valence electrons. The van der Waals surface area contributed by atoms with E-state index in [0.717, 1.165) is 0 Å². The second-order valence-corrected chi connectivity index (χ2v) is 6.07. The van der Waals surface area contributed by atoms with Gasteiger partial charge in [0.25, 0.3) is 0 Å². The molecule has 7 nitrogen and oxygen atoms in total. The summed E-state index contributed by atoms with van der Waals surface area (Å²) in [6.45, 7) is 5.60. The van der Waals surface area contributed by atoms with Crippen molar-refractivity contribution in [3.63, 3.8) is 0 Å². The van der Waals surface area contributed by atoms with Crippen LogP contribution in [0.4, 0.5) is 0 Å². The zero-order valence-electron chi connectivity index (χ0n) is 13.0. The van der Waals surface area contributed by atoms with Crippen molar-refractivity contribution in [3.05, 3.63) is 11.6 Å². The third kappa shape index (κ3) is 4.27. The number of rotatable bonds is 4. The Kier molecular flexibility index (Phi) is 5.94. The lowest BCUT2D eigenvalue weighted by atomic mass is 9.91. The molecule has 1 amide bonds. The van der Waals surface area contributed by atoms with Gasteiger partial charge in [0.1, 0.15) is 12.2 Å². The minimum atomic E-state index is -1.24. The molecule has 2 rings (SSSR count). The normalized spacial score (nSPS) is 33.0. The number of morpholine rings is 1. The third-order valence-electron chi connectivity index (χ3n) is 3.86. The van der Waals surface area contributed by atoms with E-state index in [9.17, 15) is 20.1 Å². The van der Waals surface area contributed by atoms with Gasteiger partial charge in [0.2, 0.25) is 5.91 Å². The van der Waals surface area contributed by atoms with Crippen LogP contribution in [0.2, 0.25) is 0 Å². The number of hydrogen-bond donors (Lipinski definition) is 3. The number of nitrogens with zero attached hydrogens (tertiary/aromatic N) is 1. The van der Waals surface area contributed by atoms with Crippen LogP contribution in [-0.4, -0.2) is 82.9 Å². The summed E-state index contributed by atoms with van der Waals surface area (Å²) in [5, 5.41) is 28.9. The highest BCUT2D eigenvalue weighted by molar-refractivity contribution is 5.94. The van der Waals surface area contributed by atoms with Gasteiger partial charge in [0.05, 0.1) is 31.5 Å². The van der Waals surface area contributed by atoms with Crippen LogP contribution in [-0.2, 0) is 14.3 Å². The second-order valence-electron chi connectivity index (χ2n) is 6.07. The van der Waals surface area contributed by atoms with E-state index < -0.39 is 18.3 Å². The average molecular weight is 315 g/mol. The number of hydrogen-bond acceptors (Lipinski definition) is 6. The van der Waals surface area contributed by atoms with Crippen LogP contribution in [0.3, 0.4) is 0 Å². The van der Waals surface area contributed by atoms with Gasteiger partial charge in [-0.1, -0.05) is 0 Å². The lowest BCUT2D eigenvalue weighted by molar-refractivity contribution is -0.139. The average Bonchev–Trinajstić information content (AvgIpc) is 2.49. The van der Waals surface area contributed by atoms with E-state index in [-0.39, 0.29) is 24.5 Å². The van der Waals surface area contributed by atoms with E-state index in [1.165, 1.54) is 6.08 Å². The molecule has 1 fully saturated rings. The van der Waals surface area contributed by atoms with Crippen LogP contribution in [0.25, 0.3) is 0 Å². The van der Waals surface area contributed by atoms with E-state index in [1.54, 1.807) is 4.90 Å². The highest BCUT2D eigenvalue weighted by Crippen LogP contribution is 2.22. The van der Waals surface area contributed by atoms with Crippen LogP contribution < -0.4 is 0 Å². The smallest absolute Gasteiger partial charge is 0.249 e. The van der Waals surface area contributed by atoms with Gasteiger partial charge in [0, 0.05) is 25.1 Å². The minimum Gasteiger partial charge on any atom is -0.390 e. The summed E-state index contributed by atoms with van der Waals surface area (Å²) >= 11 is 0. The van der Waals surface area contributed by atoms with Crippen molar-refractivity contribution in [2.45, 2.75) is 50.8 Å². The molecule has 22 heavy (non-hydrogen) atoms. The monoisotopic (exact) mass is 315 g/mol. The summed E-state index contributed by atoms with van der Waals surface area (Å²) in [5.41, 5.74) is 0.329. The van der Waals surface area contributed by atoms with Gasteiger partial charge in [-0.2, -0.15) is 0 Å². The predicted octanol–water partition coefficient (Wildman–Crippen LogP) is -0.948. The Morgan fingerprint density at radius 2 is 2.18 bits per heavy atom. The van der Waals surface area contributed by atoms with Gasteiger partial charge < -0.3 is 29.7 Å². The van der Waals surface area contributed by atoms with Crippen molar-refractivity contribution in [2.75, 3.05) is 26.3 Å². The maximum Gasteiger partial charge on any atom is 0.249 e. The summed E-state index contributed by atoms with van der Waals surface area (Å²) in [5.74, 6) is -0.233. The first kappa shape index (κ1) is 17.4. The number of amides is 1. The summed E-state index contributed by atoms with van der Waals surface area (Å²) in [6, 6.07) is 0. The predicted molar refractivity (Wildman–Crippen MR) is 78.1 cm³/mol. The molecule has 1 aliphatic carbocycles. The van der Waals surface area contributed by atoms with Crippen molar-refractivity contribution in [2.24, 2.45) is 0 Å². The molecule has 0 aromatic heterocycles. The minimum absolute atomic E-state index is 0.0432. The standard InChI is InChI=1S/C15H25NO6/c1-9(2)22-8-11-7-16(3-4-21-11)15(20)10-5-12(17)14(19)13(18)6-10/h5,9,11-14,17-19H,3-4,6-8H2,1-2H3/t11?,12-,13-,14-/m1/s1. The molecule has 1 unspecified atom stereocenters. The highest BCUT2D eigenvalue weighted by Gasteiger charge is 2.34. The molecule has 7 heteroatoms. The van der Waals surface area contributed by atoms with Crippen molar-refractivity contribution < 1.29 is 29.6 Å². The van der Waals surface area contributed by atoms with Crippen LogP contribution in [0, 0.1) is 0 Å². The SMILES string of the molecule is CC(C)OCC1CN(C(=O)C2=C[C@@H](O)[C@@H](O)[C@H](O)C2)CCO1. The van der Waals surface area contributed by atoms with E-state index in [1.807, 2.05) is 13.8 Å². The fraction of sp³-hybridized carbons (Fsp3) is 0.800.